The zero-order chi connectivity index (χ0) is 19.2. The molecular weight excluding hydrogens is 376 g/mol. The highest BCUT2D eigenvalue weighted by atomic mass is 35.5. The smallest absolute Gasteiger partial charge is 0.315 e. The van der Waals surface area contributed by atoms with Crippen molar-refractivity contribution in [1.29, 1.82) is 0 Å². The van der Waals surface area contributed by atoms with Crippen LogP contribution in [0.1, 0.15) is 18.5 Å². The lowest BCUT2D eigenvalue weighted by molar-refractivity contribution is 0.233. The van der Waals surface area contributed by atoms with Crippen LogP contribution in [0, 0.1) is 0 Å². The molecule has 1 atom stereocenters. The van der Waals surface area contributed by atoms with Crippen LogP contribution in [0.2, 0.25) is 5.02 Å². The molecule has 2 amide bonds. The van der Waals surface area contributed by atoms with E-state index in [1.165, 1.54) is 12.1 Å². The van der Waals surface area contributed by atoms with Gasteiger partial charge in [-0.3, -0.25) is 0 Å². The molecule has 0 saturated carbocycles. The predicted molar refractivity (Wildman–Crippen MR) is 101 cm³/mol. The fraction of sp³-hybridized carbons (Fsp3) is 0.278. The van der Waals surface area contributed by atoms with E-state index in [1.807, 2.05) is 6.92 Å². The molecule has 0 aliphatic heterocycles. The molecule has 1 unspecified atom stereocenters. The number of halogens is 1. The van der Waals surface area contributed by atoms with Gasteiger partial charge in [0.25, 0.3) is 0 Å². The Balaban J connectivity index is 1.76. The summed E-state index contributed by atoms with van der Waals surface area (Å²) in [5.74, 6) is 0.638. The van der Waals surface area contributed by atoms with E-state index >= 15 is 0 Å². The summed E-state index contributed by atoms with van der Waals surface area (Å²) in [4.78, 5) is 12.2. The average Bonchev–Trinajstić information content (AvgIpc) is 2.58. The number of ether oxygens (including phenoxy) is 1. The van der Waals surface area contributed by atoms with Crippen molar-refractivity contribution < 1.29 is 17.9 Å². The van der Waals surface area contributed by atoms with Crippen molar-refractivity contribution in [3.63, 3.8) is 0 Å². The molecule has 140 valence electrons. The molecule has 0 radical (unpaired) electrons. The molecule has 0 bridgehead atoms. The summed E-state index contributed by atoms with van der Waals surface area (Å²) in [6.45, 7) is 2.46. The van der Waals surface area contributed by atoms with E-state index in [-0.39, 0.29) is 17.0 Å². The van der Waals surface area contributed by atoms with Gasteiger partial charge in [0.1, 0.15) is 12.4 Å². The van der Waals surface area contributed by atoms with E-state index < -0.39 is 9.84 Å². The molecule has 0 heterocycles. The molecule has 26 heavy (non-hydrogen) atoms. The fourth-order valence-electron chi connectivity index (χ4n) is 2.22. The van der Waals surface area contributed by atoms with Crippen LogP contribution in [-0.4, -0.2) is 33.9 Å². The number of nitrogens with one attached hydrogen (secondary N) is 2. The highest BCUT2D eigenvalue weighted by Crippen LogP contribution is 2.17. The van der Waals surface area contributed by atoms with E-state index in [0.717, 1.165) is 11.8 Å². The van der Waals surface area contributed by atoms with Crippen LogP contribution in [-0.2, 0) is 9.84 Å². The molecule has 2 aromatic rings. The number of rotatable bonds is 7. The quantitative estimate of drug-likeness (QED) is 0.704. The maximum absolute atomic E-state index is 11.9. The Bertz CT molecular complexity index is 854. The molecule has 0 aliphatic rings. The lowest BCUT2D eigenvalue weighted by Crippen LogP contribution is -2.38. The van der Waals surface area contributed by atoms with Gasteiger partial charge in [-0.25, -0.2) is 13.2 Å². The predicted octanol–water partition coefficient (Wildman–Crippen LogP) is 3.18. The Hall–Kier alpha value is -2.25. The zero-order valence-corrected chi connectivity index (χ0v) is 16.1. The van der Waals surface area contributed by atoms with Crippen molar-refractivity contribution in [3.8, 4) is 5.75 Å². The normalized spacial score (nSPS) is 12.3. The second-order valence-corrected chi connectivity index (χ2v) is 8.22. The standard InChI is InChI=1S/C18H21ClN2O4S/c1-13(14-6-8-17(9-7-14)26(2,23)24)21-18(22)20-10-11-25-16-5-3-4-15(19)12-16/h3-9,12-13H,10-11H2,1-2H3,(H2,20,21,22). The summed E-state index contributed by atoms with van der Waals surface area (Å²) in [6, 6.07) is 12.8. The summed E-state index contributed by atoms with van der Waals surface area (Å²) in [5, 5.41) is 6.07. The van der Waals surface area contributed by atoms with E-state index in [4.69, 9.17) is 16.3 Å². The van der Waals surface area contributed by atoms with Gasteiger partial charge in [0, 0.05) is 11.3 Å². The van der Waals surface area contributed by atoms with Crippen molar-refractivity contribution >= 4 is 27.5 Å². The van der Waals surface area contributed by atoms with Gasteiger partial charge in [0.05, 0.1) is 17.5 Å². The van der Waals surface area contributed by atoms with Crippen LogP contribution < -0.4 is 15.4 Å². The van der Waals surface area contributed by atoms with Crippen LogP contribution in [0.25, 0.3) is 0 Å². The molecule has 0 saturated heterocycles. The van der Waals surface area contributed by atoms with Gasteiger partial charge in [0.15, 0.2) is 9.84 Å². The SMILES string of the molecule is CC(NC(=O)NCCOc1cccc(Cl)c1)c1ccc(S(C)(=O)=O)cc1. The minimum absolute atomic E-state index is 0.246. The van der Waals surface area contributed by atoms with Crippen molar-refractivity contribution in [2.75, 3.05) is 19.4 Å². The number of sulfone groups is 1. The number of amides is 2. The second-order valence-electron chi connectivity index (χ2n) is 5.77. The van der Waals surface area contributed by atoms with E-state index in [9.17, 15) is 13.2 Å². The maximum atomic E-state index is 11.9. The number of urea groups is 1. The lowest BCUT2D eigenvalue weighted by Gasteiger charge is -2.15. The topological polar surface area (TPSA) is 84.5 Å². The van der Waals surface area contributed by atoms with Gasteiger partial charge < -0.3 is 15.4 Å². The van der Waals surface area contributed by atoms with Gasteiger partial charge in [-0.15, -0.1) is 0 Å². The van der Waals surface area contributed by atoms with Crippen molar-refractivity contribution in [2.45, 2.75) is 17.9 Å². The highest BCUT2D eigenvalue weighted by molar-refractivity contribution is 7.90. The van der Waals surface area contributed by atoms with Gasteiger partial charge in [-0.2, -0.15) is 0 Å². The van der Waals surface area contributed by atoms with E-state index in [2.05, 4.69) is 10.6 Å². The summed E-state index contributed by atoms with van der Waals surface area (Å²) in [6.07, 6.45) is 1.16. The fourth-order valence-corrected chi connectivity index (χ4v) is 3.04. The Kier molecular flexibility index (Phi) is 6.88. The largest absolute Gasteiger partial charge is 0.492 e. The summed E-state index contributed by atoms with van der Waals surface area (Å²) in [5.41, 5.74) is 0.808. The van der Waals surface area contributed by atoms with Gasteiger partial charge in [-0.1, -0.05) is 29.8 Å². The highest BCUT2D eigenvalue weighted by Gasteiger charge is 2.11. The van der Waals surface area contributed by atoms with Crippen LogP contribution in [0.15, 0.2) is 53.4 Å². The summed E-state index contributed by atoms with van der Waals surface area (Å²) >= 11 is 5.87. The van der Waals surface area contributed by atoms with Crippen LogP contribution >= 0.6 is 11.6 Å². The minimum Gasteiger partial charge on any atom is -0.492 e. The van der Waals surface area contributed by atoms with Crippen LogP contribution in [0.3, 0.4) is 0 Å². The van der Waals surface area contributed by atoms with Crippen molar-refractivity contribution in [2.24, 2.45) is 0 Å². The van der Waals surface area contributed by atoms with Crippen LogP contribution in [0.4, 0.5) is 4.79 Å². The minimum atomic E-state index is -3.23. The number of carbonyl (C=O) groups excluding carboxylic acids is 1. The molecule has 8 heteroatoms. The average molecular weight is 397 g/mol. The first-order valence-electron chi connectivity index (χ1n) is 7.98. The molecule has 0 aromatic heterocycles. The second kappa shape index (κ2) is 8.91. The summed E-state index contributed by atoms with van der Waals surface area (Å²) in [7, 11) is -3.23. The third kappa shape index (κ3) is 6.24. The lowest BCUT2D eigenvalue weighted by atomic mass is 10.1. The third-order valence-corrected chi connectivity index (χ3v) is 4.97. The van der Waals surface area contributed by atoms with Crippen molar-refractivity contribution in [1.82, 2.24) is 10.6 Å². The third-order valence-electron chi connectivity index (χ3n) is 3.61. The molecule has 0 aliphatic carbocycles. The first-order chi connectivity index (χ1) is 12.3. The Morgan fingerprint density at radius 1 is 1.19 bits per heavy atom. The Morgan fingerprint density at radius 3 is 2.50 bits per heavy atom. The molecule has 2 N–H and O–H groups in total. The molecule has 0 spiro atoms. The Labute approximate surface area is 158 Å². The zero-order valence-electron chi connectivity index (χ0n) is 14.5. The molecule has 2 aromatic carbocycles. The number of benzene rings is 2. The molecule has 6 nitrogen and oxygen atoms in total. The number of hydrogen-bond acceptors (Lipinski definition) is 4. The van der Waals surface area contributed by atoms with E-state index in [0.29, 0.717) is 23.9 Å². The molecule has 2 rings (SSSR count). The number of hydrogen-bond donors (Lipinski definition) is 2. The first-order valence-corrected chi connectivity index (χ1v) is 10.3. The van der Waals surface area contributed by atoms with E-state index in [1.54, 1.807) is 36.4 Å². The first kappa shape index (κ1) is 20.1. The molecule has 0 fully saturated rings. The monoisotopic (exact) mass is 396 g/mol. The van der Waals surface area contributed by atoms with Crippen molar-refractivity contribution in [3.05, 3.63) is 59.1 Å². The van der Waals surface area contributed by atoms with Crippen LogP contribution in [0.5, 0.6) is 5.75 Å². The van der Waals surface area contributed by atoms with Gasteiger partial charge in [-0.05, 0) is 42.8 Å². The number of carbonyl (C=O) groups is 1. The Morgan fingerprint density at radius 2 is 1.88 bits per heavy atom. The van der Waals surface area contributed by atoms with Gasteiger partial charge in [0.2, 0.25) is 0 Å². The van der Waals surface area contributed by atoms with Gasteiger partial charge >= 0.3 is 6.03 Å². The summed E-state index contributed by atoms with van der Waals surface area (Å²) < 4.78 is 28.4. The maximum Gasteiger partial charge on any atom is 0.315 e. The molecular formula is C18H21ClN2O4S.